The molecule has 0 saturated carbocycles. The second kappa shape index (κ2) is 5.69. The van der Waals surface area contributed by atoms with Crippen LogP contribution in [0.4, 0.5) is 5.82 Å². The maximum Gasteiger partial charge on any atom is 0.129 e. The van der Waals surface area contributed by atoms with E-state index in [9.17, 15) is 0 Å². The maximum atomic E-state index is 6.13. The Balaban J connectivity index is 2.23. The zero-order valence-corrected chi connectivity index (χ0v) is 11.3. The average molecular weight is 254 g/mol. The molecule has 1 aromatic rings. The van der Waals surface area contributed by atoms with Crippen molar-refractivity contribution >= 4 is 17.4 Å². The van der Waals surface area contributed by atoms with Gasteiger partial charge >= 0.3 is 0 Å². The fourth-order valence-corrected chi connectivity index (χ4v) is 2.68. The monoisotopic (exact) mass is 253 g/mol. The van der Waals surface area contributed by atoms with Crippen LogP contribution < -0.4 is 10.2 Å². The lowest BCUT2D eigenvalue weighted by Crippen LogP contribution is -2.29. The van der Waals surface area contributed by atoms with Crippen molar-refractivity contribution in [2.24, 2.45) is 0 Å². The predicted octanol–water partition coefficient (Wildman–Crippen LogP) is 2.83. The fraction of sp³-hybridized carbons (Fsp3) is 0.615. The van der Waals surface area contributed by atoms with E-state index in [0.717, 1.165) is 29.5 Å². The number of anilines is 1. The molecular weight excluding hydrogens is 234 g/mol. The number of nitrogens with zero attached hydrogens (tertiary/aromatic N) is 2. The van der Waals surface area contributed by atoms with Crippen LogP contribution in [0.25, 0.3) is 0 Å². The molecule has 0 bridgehead atoms. The van der Waals surface area contributed by atoms with E-state index in [0.29, 0.717) is 6.04 Å². The summed E-state index contributed by atoms with van der Waals surface area (Å²) >= 11 is 6.13. The molecule has 1 aliphatic rings. The lowest BCUT2D eigenvalue weighted by atomic mass is 10.1. The van der Waals surface area contributed by atoms with Crippen LogP contribution in [-0.2, 0) is 6.54 Å². The van der Waals surface area contributed by atoms with E-state index in [1.165, 1.54) is 19.3 Å². The zero-order chi connectivity index (χ0) is 12.3. The molecule has 17 heavy (non-hydrogen) atoms. The summed E-state index contributed by atoms with van der Waals surface area (Å²) in [6.07, 6.45) is 5.51. The molecule has 1 unspecified atom stereocenters. The van der Waals surface area contributed by atoms with E-state index in [1.807, 2.05) is 7.05 Å². The zero-order valence-electron chi connectivity index (χ0n) is 10.5. The van der Waals surface area contributed by atoms with Crippen LogP contribution in [0, 0.1) is 0 Å². The minimum atomic E-state index is 0.645. The highest BCUT2D eigenvalue weighted by Gasteiger charge is 2.24. The van der Waals surface area contributed by atoms with E-state index in [2.05, 4.69) is 28.2 Å². The molecule has 1 N–H and O–H groups in total. The largest absolute Gasteiger partial charge is 0.354 e. The molecule has 2 heterocycles. The van der Waals surface area contributed by atoms with Crippen LogP contribution in [0.15, 0.2) is 12.3 Å². The van der Waals surface area contributed by atoms with Crippen LogP contribution in [0.5, 0.6) is 0 Å². The highest BCUT2D eigenvalue weighted by Crippen LogP contribution is 2.28. The topological polar surface area (TPSA) is 28.2 Å². The third kappa shape index (κ3) is 2.72. The van der Waals surface area contributed by atoms with Gasteiger partial charge in [-0.3, -0.25) is 0 Å². The summed E-state index contributed by atoms with van der Waals surface area (Å²) in [7, 11) is 1.93. The Morgan fingerprint density at radius 2 is 2.41 bits per heavy atom. The van der Waals surface area contributed by atoms with Gasteiger partial charge in [0.2, 0.25) is 0 Å². The van der Waals surface area contributed by atoms with Gasteiger partial charge in [0, 0.05) is 25.3 Å². The lowest BCUT2D eigenvalue weighted by Gasteiger charge is -2.25. The number of rotatable bonds is 4. The van der Waals surface area contributed by atoms with Crippen molar-refractivity contribution in [3.8, 4) is 0 Å². The first-order valence-electron chi connectivity index (χ1n) is 6.32. The Morgan fingerprint density at radius 1 is 1.59 bits per heavy atom. The van der Waals surface area contributed by atoms with Gasteiger partial charge < -0.3 is 10.2 Å². The molecule has 3 nitrogen and oxygen atoms in total. The Labute approximate surface area is 108 Å². The van der Waals surface area contributed by atoms with Crippen molar-refractivity contribution in [2.45, 2.75) is 38.8 Å². The summed E-state index contributed by atoms with van der Waals surface area (Å²) < 4.78 is 0. The predicted molar refractivity (Wildman–Crippen MR) is 72.7 cm³/mol. The van der Waals surface area contributed by atoms with Gasteiger partial charge in [-0.2, -0.15) is 0 Å². The van der Waals surface area contributed by atoms with Gasteiger partial charge in [-0.1, -0.05) is 18.5 Å². The number of hydrogen-bond acceptors (Lipinski definition) is 3. The lowest BCUT2D eigenvalue weighted by molar-refractivity contribution is 0.640. The van der Waals surface area contributed by atoms with Crippen LogP contribution in [0.1, 0.15) is 31.7 Å². The Morgan fingerprint density at radius 3 is 3.12 bits per heavy atom. The van der Waals surface area contributed by atoms with Gasteiger partial charge in [0.05, 0.1) is 5.02 Å². The van der Waals surface area contributed by atoms with E-state index < -0.39 is 0 Å². The molecule has 1 atom stereocenters. The maximum absolute atomic E-state index is 6.13. The number of aromatic nitrogens is 1. The fourth-order valence-electron chi connectivity index (χ4n) is 2.51. The van der Waals surface area contributed by atoms with Crippen molar-refractivity contribution in [3.05, 3.63) is 22.8 Å². The Bertz CT molecular complexity index is 381. The van der Waals surface area contributed by atoms with Gasteiger partial charge in [0.25, 0.3) is 0 Å². The van der Waals surface area contributed by atoms with Crippen LogP contribution in [-0.4, -0.2) is 24.6 Å². The summed E-state index contributed by atoms with van der Waals surface area (Å²) in [4.78, 5) is 6.88. The third-order valence-corrected chi connectivity index (χ3v) is 3.77. The van der Waals surface area contributed by atoms with E-state index >= 15 is 0 Å². The molecule has 0 amide bonds. The number of nitrogens with one attached hydrogen (secondary N) is 1. The van der Waals surface area contributed by atoms with Crippen molar-refractivity contribution in [1.29, 1.82) is 0 Å². The summed E-state index contributed by atoms with van der Waals surface area (Å²) in [6, 6.07) is 2.76. The van der Waals surface area contributed by atoms with E-state index in [4.69, 9.17) is 11.6 Å². The van der Waals surface area contributed by atoms with Gasteiger partial charge in [-0.05, 0) is 37.9 Å². The van der Waals surface area contributed by atoms with E-state index in [1.54, 1.807) is 6.20 Å². The minimum absolute atomic E-state index is 0.645. The molecule has 0 aromatic carbocycles. The van der Waals surface area contributed by atoms with Gasteiger partial charge in [-0.15, -0.1) is 0 Å². The van der Waals surface area contributed by atoms with Crippen LogP contribution >= 0.6 is 11.6 Å². The Hall–Kier alpha value is -0.800. The first-order valence-corrected chi connectivity index (χ1v) is 6.69. The highest BCUT2D eigenvalue weighted by atomic mass is 35.5. The summed E-state index contributed by atoms with van der Waals surface area (Å²) in [5, 5.41) is 3.88. The summed E-state index contributed by atoms with van der Waals surface area (Å²) in [5.41, 5.74) is 1.13. The van der Waals surface area contributed by atoms with Gasteiger partial charge in [-0.25, -0.2) is 4.98 Å². The number of halogens is 1. The summed E-state index contributed by atoms with van der Waals surface area (Å²) in [5.74, 6) is 1.07. The van der Waals surface area contributed by atoms with E-state index in [-0.39, 0.29) is 0 Å². The van der Waals surface area contributed by atoms with Gasteiger partial charge in [0.15, 0.2) is 0 Å². The highest BCUT2D eigenvalue weighted by molar-refractivity contribution is 6.31. The van der Waals surface area contributed by atoms with Crippen LogP contribution in [0.3, 0.4) is 0 Å². The molecule has 1 saturated heterocycles. The second-order valence-electron chi connectivity index (χ2n) is 4.56. The molecule has 2 rings (SSSR count). The van der Waals surface area contributed by atoms with Gasteiger partial charge in [0.1, 0.15) is 5.82 Å². The molecule has 1 aromatic heterocycles. The number of pyridine rings is 1. The van der Waals surface area contributed by atoms with Crippen molar-refractivity contribution < 1.29 is 0 Å². The molecular formula is C13H20ClN3. The molecule has 0 spiro atoms. The molecule has 4 heteroatoms. The third-order valence-electron chi connectivity index (χ3n) is 3.43. The normalized spacial score (nSPS) is 19.9. The van der Waals surface area contributed by atoms with Crippen molar-refractivity contribution in [2.75, 3.05) is 18.5 Å². The molecule has 0 radical (unpaired) electrons. The SMILES string of the molecule is CCC1CCCN1c1cc(CNC)c(Cl)cn1. The first-order chi connectivity index (χ1) is 8.26. The first kappa shape index (κ1) is 12.7. The molecule has 94 valence electrons. The minimum Gasteiger partial charge on any atom is -0.354 e. The quantitative estimate of drug-likeness (QED) is 0.895. The number of hydrogen-bond donors (Lipinski definition) is 1. The second-order valence-corrected chi connectivity index (χ2v) is 4.97. The molecule has 1 aliphatic heterocycles. The molecule has 0 aliphatic carbocycles. The van der Waals surface area contributed by atoms with Crippen molar-refractivity contribution in [1.82, 2.24) is 10.3 Å². The Kier molecular flexibility index (Phi) is 4.24. The van der Waals surface area contributed by atoms with Crippen LogP contribution in [0.2, 0.25) is 5.02 Å². The standard InChI is InChI=1S/C13H20ClN3/c1-3-11-5-4-6-17(11)13-7-10(8-15-2)12(14)9-16-13/h7,9,11,15H,3-6,8H2,1-2H3. The summed E-state index contributed by atoms with van der Waals surface area (Å²) in [6.45, 7) is 4.15. The van der Waals surface area contributed by atoms with Crippen molar-refractivity contribution in [3.63, 3.8) is 0 Å². The molecule has 1 fully saturated rings. The smallest absolute Gasteiger partial charge is 0.129 e. The average Bonchev–Trinajstić information content (AvgIpc) is 2.80.